The summed E-state index contributed by atoms with van der Waals surface area (Å²) in [5.74, 6) is -0.994. The largest absolute Gasteiger partial charge is 0.478 e. The topological polar surface area (TPSA) is 88.6 Å². The number of aromatic nitrogens is 1. The first kappa shape index (κ1) is 11.8. The molecule has 0 saturated carbocycles. The number of hydrogen-bond acceptors (Lipinski definition) is 4. The maximum absolute atomic E-state index is 10.8. The van der Waals surface area contributed by atoms with Crippen LogP contribution in [-0.2, 0) is 0 Å². The van der Waals surface area contributed by atoms with E-state index in [1.807, 2.05) is 12.1 Å². The summed E-state index contributed by atoms with van der Waals surface area (Å²) < 4.78 is 0. The average Bonchev–Trinajstić information content (AvgIpc) is 2.38. The third kappa shape index (κ3) is 2.70. The Morgan fingerprint density at radius 1 is 1.33 bits per heavy atom. The van der Waals surface area contributed by atoms with Gasteiger partial charge in [-0.15, -0.1) is 0 Å². The van der Waals surface area contributed by atoms with E-state index in [1.165, 1.54) is 24.5 Å². The number of carbonyl (C=O) groups is 1. The van der Waals surface area contributed by atoms with Crippen LogP contribution in [0.15, 0.2) is 47.6 Å². The standard InChI is InChI=1S/C13H11N3O2/c14-11-3-1-2-4-12(11)16-8-10-7-9(13(17)18)5-6-15-10/h1-8H,14H2,(H,17,18)/b16-8+. The van der Waals surface area contributed by atoms with E-state index in [0.29, 0.717) is 17.1 Å². The summed E-state index contributed by atoms with van der Waals surface area (Å²) in [4.78, 5) is 19.0. The molecule has 0 amide bonds. The molecule has 1 aromatic heterocycles. The van der Waals surface area contributed by atoms with Crippen LogP contribution in [0.3, 0.4) is 0 Å². The van der Waals surface area contributed by atoms with Crippen LogP contribution in [0.5, 0.6) is 0 Å². The molecule has 0 aliphatic rings. The summed E-state index contributed by atoms with van der Waals surface area (Å²) in [5, 5.41) is 8.85. The molecule has 0 radical (unpaired) electrons. The van der Waals surface area contributed by atoms with Crippen LogP contribution < -0.4 is 5.73 Å². The molecule has 0 unspecified atom stereocenters. The summed E-state index contributed by atoms with van der Waals surface area (Å²) in [6, 6.07) is 10.0. The van der Waals surface area contributed by atoms with E-state index in [0.717, 1.165) is 0 Å². The first-order valence-corrected chi connectivity index (χ1v) is 5.25. The lowest BCUT2D eigenvalue weighted by atomic mass is 10.2. The molecule has 5 heteroatoms. The molecule has 0 atom stereocenters. The van der Waals surface area contributed by atoms with Gasteiger partial charge in [-0.2, -0.15) is 0 Å². The van der Waals surface area contributed by atoms with Gasteiger partial charge in [-0.1, -0.05) is 12.1 Å². The Kier molecular flexibility index (Phi) is 3.33. The zero-order chi connectivity index (χ0) is 13.0. The lowest BCUT2D eigenvalue weighted by molar-refractivity contribution is 0.0696. The van der Waals surface area contributed by atoms with Crippen molar-refractivity contribution in [2.45, 2.75) is 0 Å². The number of nitrogens with zero attached hydrogens (tertiary/aromatic N) is 2. The fourth-order valence-electron chi connectivity index (χ4n) is 1.39. The van der Waals surface area contributed by atoms with E-state index in [1.54, 1.807) is 12.1 Å². The lowest BCUT2D eigenvalue weighted by Gasteiger charge is -1.98. The number of aromatic carboxylic acids is 1. The molecule has 1 heterocycles. The number of rotatable bonds is 3. The maximum atomic E-state index is 10.8. The molecule has 18 heavy (non-hydrogen) atoms. The van der Waals surface area contributed by atoms with Crippen LogP contribution in [0.1, 0.15) is 16.1 Å². The van der Waals surface area contributed by atoms with Crippen molar-refractivity contribution < 1.29 is 9.90 Å². The average molecular weight is 241 g/mol. The minimum absolute atomic E-state index is 0.174. The second kappa shape index (κ2) is 5.09. The highest BCUT2D eigenvalue weighted by Gasteiger charge is 2.02. The Hall–Kier alpha value is -2.69. The van der Waals surface area contributed by atoms with Gasteiger partial charge in [0.2, 0.25) is 0 Å². The summed E-state index contributed by atoms with van der Waals surface area (Å²) in [5.41, 5.74) is 7.56. The Bertz CT molecular complexity index is 609. The number of carboxylic acids is 1. The highest BCUT2D eigenvalue weighted by Crippen LogP contribution is 2.20. The van der Waals surface area contributed by atoms with Crippen molar-refractivity contribution in [1.29, 1.82) is 0 Å². The number of nitrogens with two attached hydrogens (primary N) is 1. The summed E-state index contributed by atoms with van der Waals surface area (Å²) in [6.45, 7) is 0. The van der Waals surface area contributed by atoms with Gasteiger partial charge in [-0.3, -0.25) is 9.98 Å². The molecule has 0 bridgehead atoms. The number of carboxylic acid groups (broad SMARTS) is 1. The Morgan fingerprint density at radius 2 is 2.11 bits per heavy atom. The van der Waals surface area contributed by atoms with Crippen LogP contribution >= 0.6 is 0 Å². The van der Waals surface area contributed by atoms with Crippen LogP contribution in [-0.4, -0.2) is 22.3 Å². The Balaban J connectivity index is 2.27. The molecule has 2 aromatic rings. The number of benzene rings is 1. The normalized spacial score (nSPS) is 10.7. The molecule has 90 valence electrons. The fraction of sp³-hybridized carbons (Fsp3) is 0. The quantitative estimate of drug-likeness (QED) is 0.636. The van der Waals surface area contributed by atoms with Gasteiger partial charge in [0.05, 0.1) is 28.8 Å². The third-order valence-corrected chi connectivity index (χ3v) is 2.30. The molecule has 0 aliphatic heterocycles. The molecule has 3 N–H and O–H groups in total. The van der Waals surface area contributed by atoms with Crippen LogP contribution in [0.2, 0.25) is 0 Å². The van der Waals surface area contributed by atoms with E-state index in [-0.39, 0.29) is 5.56 Å². The fourth-order valence-corrected chi connectivity index (χ4v) is 1.39. The smallest absolute Gasteiger partial charge is 0.335 e. The van der Waals surface area contributed by atoms with Gasteiger partial charge in [0.25, 0.3) is 0 Å². The Morgan fingerprint density at radius 3 is 2.83 bits per heavy atom. The zero-order valence-electron chi connectivity index (χ0n) is 9.45. The first-order chi connectivity index (χ1) is 8.66. The lowest BCUT2D eigenvalue weighted by Crippen LogP contribution is -1.98. The van der Waals surface area contributed by atoms with E-state index in [9.17, 15) is 4.79 Å². The SMILES string of the molecule is Nc1ccccc1/N=C/c1cc(C(=O)O)ccn1. The minimum Gasteiger partial charge on any atom is -0.478 e. The van der Waals surface area contributed by atoms with Crippen molar-refractivity contribution in [3.8, 4) is 0 Å². The van der Waals surface area contributed by atoms with Crippen molar-refractivity contribution in [2.24, 2.45) is 4.99 Å². The van der Waals surface area contributed by atoms with Gasteiger partial charge >= 0.3 is 5.97 Å². The van der Waals surface area contributed by atoms with E-state index in [4.69, 9.17) is 10.8 Å². The van der Waals surface area contributed by atoms with Crippen molar-refractivity contribution in [1.82, 2.24) is 4.98 Å². The molecule has 1 aromatic carbocycles. The monoisotopic (exact) mass is 241 g/mol. The molecule has 0 spiro atoms. The van der Waals surface area contributed by atoms with Gasteiger partial charge in [0.1, 0.15) is 0 Å². The molecular formula is C13H11N3O2. The van der Waals surface area contributed by atoms with Gasteiger partial charge in [0.15, 0.2) is 0 Å². The number of anilines is 1. The number of pyridine rings is 1. The molecule has 0 fully saturated rings. The number of para-hydroxylation sites is 2. The molecule has 0 aliphatic carbocycles. The van der Waals surface area contributed by atoms with Crippen molar-refractivity contribution in [3.63, 3.8) is 0 Å². The van der Waals surface area contributed by atoms with Crippen molar-refractivity contribution in [3.05, 3.63) is 53.9 Å². The predicted octanol–water partition coefficient (Wildman–Crippen LogP) is 2.11. The molecule has 5 nitrogen and oxygen atoms in total. The maximum Gasteiger partial charge on any atom is 0.335 e. The summed E-state index contributed by atoms with van der Waals surface area (Å²) >= 11 is 0. The van der Waals surface area contributed by atoms with Crippen molar-refractivity contribution in [2.75, 3.05) is 5.73 Å². The van der Waals surface area contributed by atoms with E-state index in [2.05, 4.69) is 9.98 Å². The number of nitrogen functional groups attached to an aromatic ring is 1. The zero-order valence-corrected chi connectivity index (χ0v) is 9.45. The molecule has 2 rings (SSSR count). The Labute approximate surface area is 104 Å². The first-order valence-electron chi connectivity index (χ1n) is 5.25. The highest BCUT2D eigenvalue weighted by atomic mass is 16.4. The molecule has 0 saturated heterocycles. The van der Waals surface area contributed by atoms with Crippen LogP contribution in [0.25, 0.3) is 0 Å². The third-order valence-electron chi connectivity index (χ3n) is 2.30. The van der Waals surface area contributed by atoms with Gasteiger partial charge in [-0.05, 0) is 24.3 Å². The van der Waals surface area contributed by atoms with E-state index < -0.39 is 5.97 Å². The van der Waals surface area contributed by atoms with Gasteiger partial charge in [-0.25, -0.2) is 4.79 Å². The summed E-state index contributed by atoms with van der Waals surface area (Å²) in [7, 11) is 0. The predicted molar refractivity (Wildman–Crippen MR) is 69.3 cm³/mol. The van der Waals surface area contributed by atoms with Crippen molar-refractivity contribution >= 4 is 23.6 Å². The summed E-state index contributed by atoms with van der Waals surface area (Å²) in [6.07, 6.45) is 2.91. The number of hydrogen-bond donors (Lipinski definition) is 2. The van der Waals surface area contributed by atoms with Crippen LogP contribution in [0, 0.1) is 0 Å². The van der Waals surface area contributed by atoms with E-state index >= 15 is 0 Å². The second-order valence-corrected chi connectivity index (χ2v) is 3.59. The number of aliphatic imine (C=N–C) groups is 1. The van der Waals surface area contributed by atoms with Crippen LogP contribution in [0.4, 0.5) is 11.4 Å². The molecular weight excluding hydrogens is 230 g/mol. The minimum atomic E-state index is -0.994. The highest BCUT2D eigenvalue weighted by molar-refractivity contribution is 5.90. The van der Waals surface area contributed by atoms with Gasteiger partial charge in [0, 0.05) is 6.20 Å². The second-order valence-electron chi connectivity index (χ2n) is 3.59. The van der Waals surface area contributed by atoms with Gasteiger partial charge < -0.3 is 10.8 Å².